The first kappa shape index (κ1) is 20.8. The number of carbonyl (C=O) groups excluding carboxylic acids is 1. The number of ether oxygens (including phenoxy) is 1. The largest absolute Gasteiger partial charge is 0.485 e. The van der Waals surface area contributed by atoms with Crippen molar-refractivity contribution >= 4 is 11.8 Å². The molecule has 1 aromatic carbocycles. The van der Waals surface area contributed by atoms with E-state index < -0.39 is 71.5 Å². The molecule has 6 N–H and O–H groups in total. The first-order valence-electron chi connectivity index (χ1n) is 6.90. The summed E-state index contributed by atoms with van der Waals surface area (Å²) in [6.07, 6.45) is -1.96. The third kappa shape index (κ3) is 4.65. The Hall–Kier alpha value is -2.24. The third-order valence-corrected chi connectivity index (χ3v) is 3.33. The zero-order chi connectivity index (χ0) is 19.5. The van der Waals surface area contributed by atoms with Crippen molar-refractivity contribution in [3.63, 3.8) is 0 Å². The van der Waals surface area contributed by atoms with Crippen LogP contribution in [0.3, 0.4) is 0 Å². The molecule has 0 spiro atoms. The zero-order valence-corrected chi connectivity index (χ0v) is 12.9. The molecule has 25 heavy (non-hydrogen) atoms. The van der Waals surface area contributed by atoms with Gasteiger partial charge in [-0.05, 0) is 6.92 Å². The van der Waals surface area contributed by atoms with Crippen LogP contribution in [0.2, 0.25) is 0 Å². The van der Waals surface area contributed by atoms with Crippen LogP contribution in [-0.4, -0.2) is 46.8 Å². The van der Waals surface area contributed by atoms with Gasteiger partial charge in [0.25, 0.3) is 0 Å². The fraction of sp³-hybridized carbons (Fsp3) is 0.429. The molecule has 7 nitrogen and oxygen atoms in total. The van der Waals surface area contributed by atoms with Crippen molar-refractivity contribution in [1.29, 1.82) is 0 Å². The van der Waals surface area contributed by atoms with Gasteiger partial charge in [0.15, 0.2) is 23.2 Å². The number of hydrogen-bond acceptors (Lipinski definition) is 6. The SMILES string of the molecule is C[C@H](N)C(=O)[C@H](C(O)COc1c(F)c(F)cc(F)c1F)C(N)C(=O)O. The molecule has 140 valence electrons. The highest BCUT2D eigenvalue weighted by atomic mass is 19.2. The number of rotatable bonds is 8. The van der Waals surface area contributed by atoms with Crippen LogP contribution in [0, 0.1) is 29.2 Å². The molecule has 0 amide bonds. The Morgan fingerprint density at radius 1 is 1.16 bits per heavy atom. The number of hydrogen-bond donors (Lipinski definition) is 4. The minimum absolute atomic E-state index is 0.0449. The number of carboxylic acids is 1. The van der Waals surface area contributed by atoms with Gasteiger partial charge in [-0.25, -0.2) is 8.78 Å². The molecule has 0 saturated heterocycles. The maximum atomic E-state index is 13.5. The number of aliphatic hydroxyl groups excluding tert-OH is 1. The predicted molar refractivity (Wildman–Crippen MR) is 75.5 cm³/mol. The molecule has 0 saturated carbocycles. The lowest BCUT2D eigenvalue weighted by Crippen LogP contribution is -2.53. The Morgan fingerprint density at radius 3 is 2.04 bits per heavy atom. The zero-order valence-electron chi connectivity index (χ0n) is 12.9. The Labute approximate surface area is 139 Å². The summed E-state index contributed by atoms with van der Waals surface area (Å²) in [5.74, 6) is -13.0. The molecule has 0 aliphatic carbocycles. The number of halogens is 4. The average Bonchev–Trinajstić information content (AvgIpc) is 2.52. The lowest BCUT2D eigenvalue weighted by molar-refractivity contribution is -0.146. The number of aliphatic hydroxyl groups is 1. The van der Waals surface area contributed by atoms with Gasteiger partial charge in [0, 0.05) is 6.07 Å². The molecule has 0 aliphatic heterocycles. The third-order valence-electron chi connectivity index (χ3n) is 3.33. The normalized spacial score (nSPS) is 16.0. The smallest absolute Gasteiger partial charge is 0.321 e. The van der Waals surface area contributed by atoms with Gasteiger partial charge in [0.2, 0.25) is 11.6 Å². The van der Waals surface area contributed by atoms with Crippen molar-refractivity contribution < 1.29 is 42.1 Å². The molecule has 0 aromatic heterocycles. The molecule has 11 heteroatoms. The van der Waals surface area contributed by atoms with E-state index in [-0.39, 0.29) is 6.07 Å². The van der Waals surface area contributed by atoms with Crippen LogP contribution in [0.5, 0.6) is 5.75 Å². The highest BCUT2D eigenvalue weighted by Crippen LogP contribution is 2.27. The van der Waals surface area contributed by atoms with Crippen molar-refractivity contribution in [3.8, 4) is 5.75 Å². The minimum atomic E-state index is -1.96. The van der Waals surface area contributed by atoms with Crippen molar-refractivity contribution in [3.05, 3.63) is 29.3 Å². The van der Waals surface area contributed by atoms with E-state index in [9.17, 15) is 32.3 Å². The number of ketones is 1. The van der Waals surface area contributed by atoms with E-state index in [1.54, 1.807) is 0 Å². The number of nitrogens with two attached hydrogens (primary N) is 2. The van der Waals surface area contributed by atoms with Crippen LogP contribution in [0.4, 0.5) is 17.6 Å². The van der Waals surface area contributed by atoms with Crippen LogP contribution in [-0.2, 0) is 9.59 Å². The van der Waals surface area contributed by atoms with Crippen LogP contribution in [0.25, 0.3) is 0 Å². The number of aliphatic carboxylic acids is 1. The first-order chi connectivity index (χ1) is 11.5. The molecule has 1 aromatic rings. The predicted octanol–water partition coefficient (Wildman–Crippen LogP) is -0.0729. The Balaban J connectivity index is 3.05. The maximum absolute atomic E-state index is 13.5. The fourth-order valence-corrected chi connectivity index (χ4v) is 2.01. The Kier molecular flexibility index (Phi) is 6.85. The average molecular weight is 368 g/mol. The van der Waals surface area contributed by atoms with E-state index in [4.69, 9.17) is 16.6 Å². The summed E-state index contributed by atoms with van der Waals surface area (Å²) in [5, 5.41) is 18.8. The van der Waals surface area contributed by atoms with Gasteiger partial charge in [-0.15, -0.1) is 0 Å². The molecule has 1 rings (SSSR count). The monoisotopic (exact) mass is 368 g/mol. The van der Waals surface area contributed by atoms with Crippen LogP contribution < -0.4 is 16.2 Å². The van der Waals surface area contributed by atoms with Gasteiger partial charge in [0.1, 0.15) is 12.6 Å². The second-order valence-electron chi connectivity index (χ2n) is 5.26. The van der Waals surface area contributed by atoms with Gasteiger partial charge in [-0.3, -0.25) is 9.59 Å². The Morgan fingerprint density at radius 2 is 1.64 bits per heavy atom. The van der Waals surface area contributed by atoms with Crippen LogP contribution >= 0.6 is 0 Å². The molecule has 0 radical (unpaired) electrons. The fourth-order valence-electron chi connectivity index (χ4n) is 2.01. The molecule has 4 atom stereocenters. The van der Waals surface area contributed by atoms with Crippen LogP contribution in [0.15, 0.2) is 6.07 Å². The van der Waals surface area contributed by atoms with E-state index >= 15 is 0 Å². The van der Waals surface area contributed by atoms with Gasteiger partial charge < -0.3 is 26.4 Å². The summed E-state index contributed by atoms with van der Waals surface area (Å²) in [6, 6.07) is -3.14. The lowest BCUT2D eigenvalue weighted by Gasteiger charge is -2.26. The summed E-state index contributed by atoms with van der Waals surface area (Å²) < 4.78 is 57.6. The second kappa shape index (κ2) is 8.23. The van der Waals surface area contributed by atoms with E-state index in [0.717, 1.165) is 0 Å². The molecule has 2 unspecified atom stereocenters. The van der Waals surface area contributed by atoms with Crippen molar-refractivity contribution in [2.45, 2.75) is 25.1 Å². The standard InChI is InChI=1S/C14H16F4N2O5/c1-4(19)12(22)8(11(20)14(23)24)7(21)3-25-13-9(17)5(15)2-6(16)10(13)18/h2,4,7-8,11,21H,3,19-20H2,1H3,(H,23,24)/t4-,7?,8+,11?/m0/s1. The number of benzene rings is 1. The number of Topliss-reactive ketones (excluding diaryl/α,β-unsaturated/α-hetero) is 1. The molecular weight excluding hydrogens is 352 g/mol. The van der Waals surface area contributed by atoms with Gasteiger partial charge in [0.05, 0.1) is 18.1 Å². The van der Waals surface area contributed by atoms with Crippen LogP contribution in [0.1, 0.15) is 6.92 Å². The summed E-state index contributed by atoms with van der Waals surface area (Å²) in [6.45, 7) is 0.138. The molecule has 0 heterocycles. The van der Waals surface area contributed by atoms with Gasteiger partial charge >= 0.3 is 5.97 Å². The summed E-state index contributed by atoms with van der Waals surface area (Å²) in [4.78, 5) is 22.9. The van der Waals surface area contributed by atoms with Crippen molar-refractivity contribution in [2.75, 3.05) is 6.61 Å². The number of carbonyl (C=O) groups is 2. The maximum Gasteiger partial charge on any atom is 0.321 e. The summed E-state index contributed by atoms with van der Waals surface area (Å²) in [5.41, 5.74) is 10.7. The molecule has 0 fully saturated rings. The molecule has 0 bridgehead atoms. The number of carboxylic acid groups (broad SMARTS) is 1. The topological polar surface area (TPSA) is 136 Å². The van der Waals surface area contributed by atoms with Crippen molar-refractivity contribution in [2.24, 2.45) is 17.4 Å². The van der Waals surface area contributed by atoms with Gasteiger partial charge in [-0.1, -0.05) is 0 Å². The highest BCUT2D eigenvalue weighted by Gasteiger charge is 2.38. The molecular formula is C14H16F4N2O5. The summed E-state index contributed by atoms with van der Waals surface area (Å²) in [7, 11) is 0. The van der Waals surface area contributed by atoms with E-state index in [1.807, 2.05) is 0 Å². The van der Waals surface area contributed by atoms with Crippen molar-refractivity contribution in [1.82, 2.24) is 0 Å². The van der Waals surface area contributed by atoms with E-state index in [0.29, 0.717) is 0 Å². The highest BCUT2D eigenvalue weighted by molar-refractivity contribution is 5.91. The Bertz CT molecular complexity index is 645. The second-order valence-corrected chi connectivity index (χ2v) is 5.26. The quantitative estimate of drug-likeness (QED) is 0.372. The lowest BCUT2D eigenvalue weighted by atomic mass is 9.87. The van der Waals surface area contributed by atoms with E-state index in [2.05, 4.69) is 4.74 Å². The van der Waals surface area contributed by atoms with E-state index in [1.165, 1.54) is 6.92 Å². The van der Waals surface area contributed by atoms with Gasteiger partial charge in [-0.2, -0.15) is 8.78 Å². The molecule has 0 aliphatic rings. The minimum Gasteiger partial charge on any atom is -0.485 e. The summed E-state index contributed by atoms with van der Waals surface area (Å²) >= 11 is 0. The first-order valence-corrected chi connectivity index (χ1v) is 6.90.